The van der Waals surface area contributed by atoms with Crippen molar-refractivity contribution in [1.29, 1.82) is 0 Å². The molecule has 0 N–H and O–H groups in total. The molecule has 2 aromatic heterocycles. The molecule has 0 aromatic carbocycles. The van der Waals surface area contributed by atoms with E-state index in [1.54, 1.807) is 0 Å². The van der Waals surface area contributed by atoms with Gasteiger partial charge in [0.1, 0.15) is 5.82 Å². The summed E-state index contributed by atoms with van der Waals surface area (Å²) in [5, 5.41) is 0. The summed E-state index contributed by atoms with van der Waals surface area (Å²) in [4.78, 5) is 8.44. The Kier molecular flexibility index (Phi) is 1.87. The highest BCUT2D eigenvalue weighted by Crippen LogP contribution is 2.35. The van der Waals surface area contributed by atoms with Crippen molar-refractivity contribution in [2.45, 2.75) is 32.4 Å². The molecule has 1 fully saturated rings. The third-order valence-corrected chi connectivity index (χ3v) is 2.94. The van der Waals surface area contributed by atoms with Crippen LogP contribution in [-0.4, -0.2) is 19.1 Å². The predicted octanol–water partition coefficient (Wildman–Crippen LogP) is 1.77. The van der Waals surface area contributed by atoms with Crippen LogP contribution in [0.1, 0.15) is 30.4 Å². The molecular weight excluding hydrogens is 188 g/mol. The molecule has 0 aliphatic heterocycles. The van der Waals surface area contributed by atoms with Gasteiger partial charge in [0.05, 0.1) is 18.6 Å². The average molecular weight is 202 g/mol. The zero-order valence-corrected chi connectivity index (χ0v) is 8.80. The van der Waals surface area contributed by atoms with Crippen molar-refractivity contribution in [1.82, 2.24) is 19.1 Å². The van der Waals surface area contributed by atoms with Crippen molar-refractivity contribution < 1.29 is 0 Å². The molecule has 78 valence electrons. The minimum atomic E-state index is 0.700. The highest BCUT2D eigenvalue weighted by molar-refractivity contribution is 5.06. The normalized spacial score (nSPS) is 15.8. The Balaban J connectivity index is 1.87. The van der Waals surface area contributed by atoms with Gasteiger partial charge in [-0.3, -0.25) is 0 Å². The molecule has 4 heteroatoms. The second kappa shape index (κ2) is 3.22. The van der Waals surface area contributed by atoms with Crippen molar-refractivity contribution in [3.05, 3.63) is 36.4 Å². The van der Waals surface area contributed by atoms with Crippen molar-refractivity contribution >= 4 is 0 Å². The van der Waals surface area contributed by atoms with Crippen molar-refractivity contribution in [3.8, 4) is 0 Å². The van der Waals surface area contributed by atoms with Crippen LogP contribution >= 0.6 is 0 Å². The van der Waals surface area contributed by atoms with E-state index in [0.29, 0.717) is 6.04 Å². The fourth-order valence-electron chi connectivity index (χ4n) is 1.88. The number of imidazole rings is 2. The largest absolute Gasteiger partial charge is 0.330 e. The quantitative estimate of drug-likeness (QED) is 0.760. The van der Waals surface area contributed by atoms with Gasteiger partial charge in [0, 0.05) is 24.6 Å². The summed E-state index contributed by atoms with van der Waals surface area (Å²) < 4.78 is 4.44. The number of hydrogen-bond acceptors (Lipinski definition) is 2. The van der Waals surface area contributed by atoms with E-state index >= 15 is 0 Å². The second-order valence-electron chi connectivity index (χ2n) is 4.13. The van der Waals surface area contributed by atoms with Crippen LogP contribution in [0.25, 0.3) is 0 Å². The molecular formula is C11H14N4. The van der Waals surface area contributed by atoms with Gasteiger partial charge in [-0.2, -0.15) is 0 Å². The Morgan fingerprint density at radius 1 is 1.47 bits per heavy atom. The van der Waals surface area contributed by atoms with E-state index in [-0.39, 0.29) is 0 Å². The third kappa shape index (κ3) is 1.56. The molecule has 1 aliphatic carbocycles. The number of aromatic nitrogens is 4. The van der Waals surface area contributed by atoms with Crippen molar-refractivity contribution in [2.75, 3.05) is 0 Å². The second-order valence-corrected chi connectivity index (χ2v) is 4.13. The van der Waals surface area contributed by atoms with Gasteiger partial charge < -0.3 is 9.13 Å². The number of rotatable bonds is 3. The van der Waals surface area contributed by atoms with E-state index in [1.807, 2.05) is 31.8 Å². The first kappa shape index (κ1) is 8.71. The monoisotopic (exact) mass is 202 g/mol. The van der Waals surface area contributed by atoms with Crippen LogP contribution in [0.4, 0.5) is 0 Å². The summed E-state index contributed by atoms with van der Waals surface area (Å²) in [7, 11) is 0. The highest BCUT2D eigenvalue weighted by atomic mass is 15.1. The molecule has 1 saturated carbocycles. The summed E-state index contributed by atoms with van der Waals surface area (Å²) in [6, 6.07) is 0.700. The number of hydrogen-bond donors (Lipinski definition) is 0. The molecule has 0 bridgehead atoms. The molecule has 2 heterocycles. The molecule has 0 amide bonds. The fourth-order valence-corrected chi connectivity index (χ4v) is 1.88. The molecule has 15 heavy (non-hydrogen) atoms. The van der Waals surface area contributed by atoms with E-state index in [0.717, 1.165) is 12.4 Å². The van der Waals surface area contributed by atoms with Crippen molar-refractivity contribution in [2.24, 2.45) is 0 Å². The Morgan fingerprint density at radius 3 is 3.00 bits per heavy atom. The van der Waals surface area contributed by atoms with Gasteiger partial charge in [-0.05, 0) is 19.8 Å². The van der Waals surface area contributed by atoms with E-state index in [9.17, 15) is 0 Å². The van der Waals surface area contributed by atoms with Crippen LogP contribution < -0.4 is 0 Å². The van der Waals surface area contributed by atoms with Crippen LogP contribution in [0.3, 0.4) is 0 Å². The average Bonchev–Trinajstić information content (AvgIpc) is 2.85. The Hall–Kier alpha value is -1.58. The Morgan fingerprint density at radius 2 is 2.33 bits per heavy atom. The van der Waals surface area contributed by atoms with Crippen LogP contribution in [-0.2, 0) is 6.54 Å². The minimum absolute atomic E-state index is 0.700. The zero-order valence-electron chi connectivity index (χ0n) is 8.80. The third-order valence-electron chi connectivity index (χ3n) is 2.94. The highest BCUT2D eigenvalue weighted by Gasteiger charge is 2.25. The molecule has 0 spiro atoms. The lowest BCUT2D eigenvalue weighted by Gasteiger charge is -2.08. The van der Waals surface area contributed by atoms with E-state index in [4.69, 9.17) is 0 Å². The summed E-state index contributed by atoms with van der Waals surface area (Å²) in [6.45, 7) is 2.90. The number of aryl methyl sites for hydroxylation is 1. The minimum Gasteiger partial charge on any atom is -0.330 e. The molecule has 0 saturated heterocycles. The molecule has 0 atom stereocenters. The van der Waals surface area contributed by atoms with Gasteiger partial charge in [-0.15, -0.1) is 0 Å². The van der Waals surface area contributed by atoms with Crippen LogP contribution in [0.2, 0.25) is 0 Å². The lowest BCUT2D eigenvalue weighted by molar-refractivity contribution is 0.647. The van der Waals surface area contributed by atoms with Gasteiger partial charge in [0.15, 0.2) is 0 Å². The molecule has 2 aromatic rings. The lowest BCUT2D eigenvalue weighted by atomic mass is 10.4. The first-order valence-electron chi connectivity index (χ1n) is 5.33. The van der Waals surface area contributed by atoms with Crippen LogP contribution in [0.15, 0.2) is 24.9 Å². The maximum atomic E-state index is 4.22. The van der Waals surface area contributed by atoms with E-state index < -0.39 is 0 Å². The standard InChI is InChI=1S/C11H14N4/c1-9-13-4-5-14(9)7-11-6-12-8-15(11)10-2-3-10/h4-6,8,10H,2-3,7H2,1H3. The first-order chi connectivity index (χ1) is 7.34. The maximum Gasteiger partial charge on any atom is 0.105 e. The Bertz CT molecular complexity index is 464. The van der Waals surface area contributed by atoms with Crippen LogP contribution in [0, 0.1) is 6.92 Å². The predicted molar refractivity (Wildman–Crippen MR) is 56.6 cm³/mol. The topological polar surface area (TPSA) is 35.6 Å². The van der Waals surface area contributed by atoms with Gasteiger partial charge >= 0.3 is 0 Å². The molecule has 4 nitrogen and oxygen atoms in total. The summed E-state index contributed by atoms with van der Waals surface area (Å²) in [5.74, 6) is 1.05. The van der Waals surface area contributed by atoms with Gasteiger partial charge in [-0.25, -0.2) is 9.97 Å². The SMILES string of the molecule is Cc1nccn1Cc1cncn1C1CC1. The Labute approximate surface area is 88.6 Å². The smallest absolute Gasteiger partial charge is 0.105 e. The van der Waals surface area contributed by atoms with Crippen molar-refractivity contribution in [3.63, 3.8) is 0 Å². The summed E-state index contributed by atoms with van der Waals surface area (Å²) in [5.41, 5.74) is 1.28. The lowest BCUT2D eigenvalue weighted by Crippen LogP contribution is -2.06. The maximum absolute atomic E-state index is 4.22. The first-order valence-corrected chi connectivity index (χ1v) is 5.33. The summed E-state index contributed by atoms with van der Waals surface area (Å²) in [6.07, 6.45) is 10.3. The van der Waals surface area contributed by atoms with E-state index in [2.05, 4.69) is 19.1 Å². The van der Waals surface area contributed by atoms with Crippen LogP contribution in [0.5, 0.6) is 0 Å². The van der Waals surface area contributed by atoms with Gasteiger partial charge in [-0.1, -0.05) is 0 Å². The zero-order chi connectivity index (χ0) is 10.3. The van der Waals surface area contributed by atoms with E-state index in [1.165, 1.54) is 18.5 Å². The fraction of sp³-hybridized carbons (Fsp3) is 0.455. The number of nitrogens with zero attached hydrogens (tertiary/aromatic N) is 4. The summed E-state index contributed by atoms with van der Waals surface area (Å²) >= 11 is 0. The molecule has 1 aliphatic rings. The molecule has 3 rings (SSSR count). The van der Waals surface area contributed by atoms with Gasteiger partial charge in [0.2, 0.25) is 0 Å². The van der Waals surface area contributed by atoms with Gasteiger partial charge in [0.25, 0.3) is 0 Å². The molecule has 0 unspecified atom stereocenters. The molecule has 0 radical (unpaired) electrons.